The third-order valence-electron chi connectivity index (χ3n) is 4.04. The Morgan fingerprint density at radius 3 is 2.71 bits per heavy atom. The predicted molar refractivity (Wildman–Crippen MR) is 91.2 cm³/mol. The van der Waals surface area contributed by atoms with Crippen LogP contribution in [0.25, 0.3) is 10.8 Å². The zero-order valence-corrected chi connectivity index (χ0v) is 13.5. The largest absolute Gasteiger partial charge is 0.497 e. The summed E-state index contributed by atoms with van der Waals surface area (Å²) in [6, 6.07) is 13.5. The molecule has 0 saturated heterocycles. The van der Waals surface area contributed by atoms with Crippen LogP contribution in [0.3, 0.4) is 0 Å². The first-order valence-corrected chi connectivity index (χ1v) is 8.07. The fourth-order valence-electron chi connectivity index (χ4n) is 2.90. The quantitative estimate of drug-likeness (QED) is 0.767. The maximum Gasteiger partial charge on any atom is 0.119 e. The van der Waals surface area contributed by atoms with Gasteiger partial charge in [0.2, 0.25) is 0 Å². The van der Waals surface area contributed by atoms with Crippen molar-refractivity contribution in [3.8, 4) is 5.75 Å². The number of benzene rings is 2. The highest BCUT2D eigenvalue weighted by molar-refractivity contribution is 5.87. The van der Waals surface area contributed by atoms with Crippen LogP contribution in [0, 0.1) is 0 Å². The summed E-state index contributed by atoms with van der Waals surface area (Å²) in [5.41, 5.74) is 1.41. The Morgan fingerprint density at radius 2 is 2.00 bits per heavy atom. The topological polar surface area (TPSA) is 21.3 Å². The van der Waals surface area contributed by atoms with Gasteiger partial charge >= 0.3 is 0 Å². The van der Waals surface area contributed by atoms with E-state index in [2.05, 4.69) is 49.5 Å². The van der Waals surface area contributed by atoms with E-state index in [9.17, 15) is 0 Å². The maximum atomic E-state index is 5.38. The van der Waals surface area contributed by atoms with E-state index >= 15 is 0 Å². The van der Waals surface area contributed by atoms with Gasteiger partial charge in [0.1, 0.15) is 5.75 Å². The second kappa shape index (κ2) is 8.04. The molecule has 2 rings (SSSR count). The zero-order valence-electron chi connectivity index (χ0n) is 13.5. The highest BCUT2D eigenvalue weighted by Gasteiger charge is 2.10. The molecule has 21 heavy (non-hydrogen) atoms. The lowest BCUT2D eigenvalue weighted by Crippen LogP contribution is -2.30. The van der Waals surface area contributed by atoms with E-state index in [1.165, 1.54) is 35.6 Å². The van der Waals surface area contributed by atoms with E-state index in [0.29, 0.717) is 6.04 Å². The van der Waals surface area contributed by atoms with Gasteiger partial charge in [-0.3, -0.25) is 0 Å². The standard InChI is InChI=1S/C19H27NO/c1-4-6-10-17(20-5-2)13-16-9-7-8-15-11-12-18(21-3)14-19(15)16/h7-9,11-12,14,17,20H,4-6,10,13H2,1-3H3. The van der Waals surface area contributed by atoms with Crippen molar-refractivity contribution in [1.29, 1.82) is 0 Å². The number of unbranched alkanes of at least 4 members (excludes halogenated alkanes) is 1. The molecular formula is C19H27NO. The molecule has 2 aromatic rings. The van der Waals surface area contributed by atoms with Gasteiger partial charge in [-0.05, 0) is 47.9 Å². The minimum Gasteiger partial charge on any atom is -0.497 e. The van der Waals surface area contributed by atoms with E-state index in [-0.39, 0.29) is 0 Å². The molecule has 2 heteroatoms. The van der Waals surface area contributed by atoms with Gasteiger partial charge < -0.3 is 10.1 Å². The second-order valence-electron chi connectivity index (χ2n) is 5.61. The van der Waals surface area contributed by atoms with Crippen LogP contribution in [-0.4, -0.2) is 19.7 Å². The molecule has 0 aliphatic rings. The number of hydrogen-bond donors (Lipinski definition) is 1. The van der Waals surface area contributed by atoms with E-state index in [1.807, 2.05) is 6.07 Å². The van der Waals surface area contributed by atoms with E-state index < -0.39 is 0 Å². The number of methoxy groups -OCH3 is 1. The first-order valence-electron chi connectivity index (χ1n) is 8.07. The molecule has 0 saturated carbocycles. The summed E-state index contributed by atoms with van der Waals surface area (Å²) in [7, 11) is 1.73. The van der Waals surface area contributed by atoms with Crippen LogP contribution in [-0.2, 0) is 6.42 Å². The first-order chi connectivity index (χ1) is 10.3. The van der Waals surface area contributed by atoms with Gasteiger partial charge in [0.15, 0.2) is 0 Å². The lowest BCUT2D eigenvalue weighted by atomic mass is 9.96. The predicted octanol–water partition coefficient (Wildman–Crippen LogP) is 4.56. The second-order valence-corrected chi connectivity index (χ2v) is 5.61. The molecular weight excluding hydrogens is 258 g/mol. The SMILES string of the molecule is CCCCC(Cc1cccc2ccc(OC)cc12)NCC. The molecule has 2 nitrogen and oxygen atoms in total. The third kappa shape index (κ3) is 4.21. The fraction of sp³-hybridized carbons (Fsp3) is 0.474. The van der Waals surface area contributed by atoms with Crippen molar-refractivity contribution in [2.75, 3.05) is 13.7 Å². The summed E-state index contributed by atoms with van der Waals surface area (Å²) in [4.78, 5) is 0. The molecule has 0 aliphatic carbocycles. The van der Waals surface area contributed by atoms with Gasteiger partial charge in [-0.25, -0.2) is 0 Å². The smallest absolute Gasteiger partial charge is 0.119 e. The van der Waals surface area contributed by atoms with Crippen molar-refractivity contribution in [2.24, 2.45) is 0 Å². The van der Waals surface area contributed by atoms with Crippen LogP contribution in [0.1, 0.15) is 38.7 Å². The monoisotopic (exact) mass is 285 g/mol. The minimum atomic E-state index is 0.562. The van der Waals surface area contributed by atoms with Crippen LogP contribution in [0.15, 0.2) is 36.4 Å². The van der Waals surface area contributed by atoms with Gasteiger partial charge in [-0.1, -0.05) is 51.0 Å². The number of nitrogens with one attached hydrogen (secondary N) is 1. The van der Waals surface area contributed by atoms with Gasteiger partial charge in [0, 0.05) is 6.04 Å². The first kappa shape index (κ1) is 15.8. The number of rotatable bonds is 8. The van der Waals surface area contributed by atoms with Crippen molar-refractivity contribution in [3.05, 3.63) is 42.0 Å². The van der Waals surface area contributed by atoms with Crippen molar-refractivity contribution >= 4 is 10.8 Å². The van der Waals surface area contributed by atoms with E-state index in [1.54, 1.807) is 7.11 Å². The van der Waals surface area contributed by atoms with Crippen LogP contribution >= 0.6 is 0 Å². The summed E-state index contributed by atoms with van der Waals surface area (Å²) in [6.07, 6.45) is 4.86. The van der Waals surface area contributed by atoms with Crippen molar-refractivity contribution in [1.82, 2.24) is 5.32 Å². The minimum absolute atomic E-state index is 0.562. The average Bonchev–Trinajstić information content (AvgIpc) is 2.52. The summed E-state index contributed by atoms with van der Waals surface area (Å²) >= 11 is 0. The molecule has 0 aromatic heterocycles. The van der Waals surface area contributed by atoms with Crippen molar-refractivity contribution < 1.29 is 4.74 Å². The Morgan fingerprint density at radius 1 is 1.14 bits per heavy atom. The van der Waals surface area contributed by atoms with Gasteiger partial charge in [-0.2, -0.15) is 0 Å². The number of fused-ring (bicyclic) bond motifs is 1. The highest BCUT2D eigenvalue weighted by atomic mass is 16.5. The Kier molecular flexibility index (Phi) is 6.06. The number of ether oxygens (including phenoxy) is 1. The van der Waals surface area contributed by atoms with Gasteiger partial charge in [0.05, 0.1) is 7.11 Å². The maximum absolute atomic E-state index is 5.38. The summed E-state index contributed by atoms with van der Waals surface area (Å²) < 4.78 is 5.38. The lowest BCUT2D eigenvalue weighted by Gasteiger charge is -2.19. The number of likely N-dealkylation sites (N-methyl/N-ethyl adjacent to an activating group) is 1. The molecule has 0 spiro atoms. The molecule has 0 amide bonds. The Bertz CT molecular complexity index is 564. The molecule has 1 unspecified atom stereocenters. The summed E-state index contributed by atoms with van der Waals surface area (Å²) in [5.74, 6) is 0.934. The molecule has 0 aliphatic heterocycles. The van der Waals surface area contributed by atoms with Crippen LogP contribution in [0.2, 0.25) is 0 Å². The van der Waals surface area contributed by atoms with Gasteiger partial charge in [-0.15, -0.1) is 0 Å². The fourth-order valence-corrected chi connectivity index (χ4v) is 2.90. The normalized spacial score (nSPS) is 12.5. The Hall–Kier alpha value is -1.54. The van der Waals surface area contributed by atoms with E-state index in [0.717, 1.165) is 18.7 Å². The molecule has 0 fully saturated rings. The Labute approximate surface area is 128 Å². The summed E-state index contributed by atoms with van der Waals surface area (Å²) in [5, 5.41) is 6.23. The zero-order chi connectivity index (χ0) is 15.1. The molecule has 1 atom stereocenters. The molecule has 114 valence electrons. The van der Waals surface area contributed by atoms with Gasteiger partial charge in [0.25, 0.3) is 0 Å². The molecule has 0 bridgehead atoms. The molecule has 1 N–H and O–H groups in total. The average molecular weight is 285 g/mol. The van der Waals surface area contributed by atoms with Crippen LogP contribution < -0.4 is 10.1 Å². The molecule has 2 aromatic carbocycles. The summed E-state index contributed by atoms with van der Waals surface area (Å²) in [6.45, 7) is 5.47. The molecule has 0 heterocycles. The molecule has 0 radical (unpaired) electrons. The van der Waals surface area contributed by atoms with E-state index in [4.69, 9.17) is 4.74 Å². The van der Waals surface area contributed by atoms with Crippen molar-refractivity contribution in [2.45, 2.75) is 45.6 Å². The number of hydrogen-bond acceptors (Lipinski definition) is 2. The van der Waals surface area contributed by atoms with Crippen LogP contribution in [0.5, 0.6) is 5.75 Å². The third-order valence-corrected chi connectivity index (χ3v) is 4.04. The lowest BCUT2D eigenvalue weighted by molar-refractivity contribution is 0.415. The Balaban J connectivity index is 2.26. The highest BCUT2D eigenvalue weighted by Crippen LogP contribution is 2.25. The van der Waals surface area contributed by atoms with Crippen LogP contribution in [0.4, 0.5) is 0 Å². The van der Waals surface area contributed by atoms with Crippen molar-refractivity contribution in [3.63, 3.8) is 0 Å².